The van der Waals surface area contributed by atoms with Crippen LogP contribution in [0.5, 0.6) is 17.2 Å². The molecule has 9 nitrogen and oxygen atoms in total. The maximum absolute atomic E-state index is 6.23. The molecule has 9 heteroatoms. The summed E-state index contributed by atoms with van der Waals surface area (Å²) < 4.78 is 14.0. The lowest BCUT2D eigenvalue weighted by molar-refractivity contribution is 0.162. The molecular formula is C26H25N7O2. The standard InChI is InChI=1S/C26H25N7O2/c1-17-12-18(2-5-24(17)35-21-8-11-33-25(14-21)29-16-31-33)32-26-22-13-20(3-4-23(22)28-15-30-26)34-19-6-9-27-10-7-19/h2-5,8,11-16,19,27H,6-7,9-10H2,1H3,(H,28,30,32). The SMILES string of the molecule is Cc1cc(Nc2ncnc3ccc(OC4CCNCC4)cc23)ccc1Oc1ccn2ncnc2c1. The maximum Gasteiger partial charge on any atom is 0.158 e. The van der Waals surface area contributed by atoms with Crippen molar-refractivity contribution >= 4 is 28.1 Å². The molecule has 1 aliphatic heterocycles. The fraction of sp³-hybridized carbons (Fsp3) is 0.231. The number of ether oxygens (including phenoxy) is 2. The summed E-state index contributed by atoms with van der Waals surface area (Å²) in [6.45, 7) is 3.99. The molecule has 2 N–H and O–H groups in total. The molecule has 35 heavy (non-hydrogen) atoms. The van der Waals surface area contributed by atoms with E-state index >= 15 is 0 Å². The van der Waals surface area contributed by atoms with Crippen LogP contribution in [0.25, 0.3) is 16.6 Å². The van der Waals surface area contributed by atoms with Crippen LogP contribution in [-0.2, 0) is 0 Å². The minimum Gasteiger partial charge on any atom is -0.490 e. The highest BCUT2D eigenvalue weighted by Gasteiger charge is 2.15. The molecule has 3 aromatic heterocycles. The highest BCUT2D eigenvalue weighted by atomic mass is 16.5. The van der Waals surface area contributed by atoms with E-state index in [-0.39, 0.29) is 6.10 Å². The van der Waals surface area contributed by atoms with Crippen LogP contribution in [0.4, 0.5) is 11.5 Å². The van der Waals surface area contributed by atoms with Gasteiger partial charge in [0.1, 0.15) is 41.8 Å². The van der Waals surface area contributed by atoms with E-state index in [0.717, 1.165) is 71.0 Å². The second kappa shape index (κ2) is 9.19. The van der Waals surface area contributed by atoms with Crippen molar-refractivity contribution < 1.29 is 9.47 Å². The molecule has 0 radical (unpaired) electrons. The lowest BCUT2D eigenvalue weighted by Gasteiger charge is -2.24. The molecule has 4 heterocycles. The highest BCUT2D eigenvalue weighted by molar-refractivity contribution is 5.91. The average Bonchev–Trinajstić information content (AvgIpc) is 3.35. The van der Waals surface area contributed by atoms with Gasteiger partial charge in [-0.1, -0.05) is 0 Å². The Kier molecular flexibility index (Phi) is 5.59. The second-order valence-corrected chi connectivity index (χ2v) is 8.60. The first-order valence-electron chi connectivity index (χ1n) is 11.7. The minimum atomic E-state index is 0.232. The third kappa shape index (κ3) is 4.58. The predicted molar refractivity (Wildman–Crippen MR) is 134 cm³/mol. The number of aromatic nitrogens is 5. The van der Waals surface area contributed by atoms with Gasteiger partial charge in [-0.05, 0) is 80.9 Å². The van der Waals surface area contributed by atoms with Gasteiger partial charge in [-0.15, -0.1) is 0 Å². The van der Waals surface area contributed by atoms with Crippen molar-refractivity contribution in [3.63, 3.8) is 0 Å². The van der Waals surface area contributed by atoms with Gasteiger partial charge in [0.05, 0.1) is 5.52 Å². The molecule has 1 fully saturated rings. The lowest BCUT2D eigenvalue weighted by Crippen LogP contribution is -2.34. The topological polar surface area (TPSA) is 98.5 Å². The quantitative estimate of drug-likeness (QED) is 0.372. The van der Waals surface area contributed by atoms with Crippen molar-refractivity contribution in [3.8, 4) is 17.2 Å². The Morgan fingerprint density at radius 2 is 1.86 bits per heavy atom. The fourth-order valence-corrected chi connectivity index (χ4v) is 4.28. The van der Waals surface area contributed by atoms with Gasteiger partial charge in [0.25, 0.3) is 0 Å². The molecule has 1 aliphatic rings. The zero-order valence-corrected chi connectivity index (χ0v) is 19.3. The third-order valence-electron chi connectivity index (χ3n) is 6.11. The molecule has 0 unspecified atom stereocenters. The Morgan fingerprint density at radius 1 is 0.943 bits per heavy atom. The number of piperidine rings is 1. The van der Waals surface area contributed by atoms with Gasteiger partial charge in [-0.25, -0.2) is 19.5 Å². The van der Waals surface area contributed by atoms with Crippen molar-refractivity contribution in [2.75, 3.05) is 18.4 Å². The number of rotatable bonds is 6. The van der Waals surface area contributed by atoms with Crippen LogP contribution < -0.4 is 20.1 Å². The monoisotopic (exact) mass is 467 g/mol. The molecule has 0 bridgehead atoms. The minimum absolute atomic E-state index is 0.232. The number of benzene rings is 2. The average molecular weight is 468 g/mol. The number of anilines is 2. The van der Waals surface area contributed by atoms with Crippen LogP contribution in [0.2, 0.25) is 0 Å². The van der Waals surface area contributed by atoms with E-state index in [1.807, 2.05) is 61.7 Å². The van der Waals surface area contributed by atoms with Gasteiger partial charge in [0, 0.05) is 23.3 Å². The Hall–Kier alpha value is -4.24. The number of hydrogen-bond acceptors (Lipinski definition) is 8. The van der Waals surface area contributed by atoms with Crippen molar-refractivity contribution in [1.82, 2.24) is 29.9 Å². The predicted octanol–water partition coefficient (Wildman–Crippen LogP) is 4.65. The summed E-state index contributed by atoms with van der Waals surface area (Å²) in [4.78, 5) is 13.1. The van der Waals surface area contributed by atoms with Crippen LogP contribution >= 0.6 is 0 Å². The number of fused-ring (bicyclic) bond motifs is 2. The molecule has 6 rings (SSSR count). The van der Waals surface area contributed by atoms with Crippen molar-refractivity contribution in [2.45, 2.75) is 25.9 Å². The lowest BCUT2D eigenvalue weighted by atomic mass is 10.1. The zero-order chi connectivity index (χ0) is 23.6. The van der Waals surface area contributed by atoms with Gasteiger partial charge in [-0.2, -0.15) is 5.10 Å². The number of aryl methyl sites for hydroxylation is 1. The normalized spacial score (nSPS) is 14.3. The molecule has 0 amide bonds. The van der Waals surface area contributed by atoms with Crippen LogP contribution in [-0.4, -0.2) is 43.8 Å². The summed E-state index contributed by atoms with van der Waals surface area (Å²) in [6.07, 6.45) is 7.17. The summed E-state index contributed by atoms with van der Waals surface area (Å²) in [5.74, 6) is 3.05. The van der Waals surface area contributed by atoms with Crippen LogP contribution in [0.3, 0.4) is 0 Å². The van der Waals surface area contributed by atoms with Crippen LogP contribution in [0, 0.1) is 6.92 Å². The molecular weight excluding hydrogens is 442 g/mol. The van der Waals surface area contributed by atoms with Crippen molar-refractivity contribution in [2.24, 2.45) is 0 Å². The van der Waals surface area contributed by atoms with E-state index in [0.29, 0.717) is 5.75 Å². The molecule has 2 aromatic carbocycles. The van der Waals surface area contributed by atoms with Crippen molar-refractivity contribution in [1.29, 1.82) is 0 Å². The van der Waals surface area contributed by atoms with Gasteiger partial charge >= 0.3 is 0 Å². The Morgan fingerprint density at radius 3 is 2.74 bits per heavy atom. The first-order chi connectivity index (χ1) is 17.2. The van der Waals surface area contributed by atoms with Gasteiger partial charge in [-0.3, -0.25) is 0 Å². The first-order valence-corrected chi connectivity index (χ1v) is 11.7. The van der Waals surface area contributed by atoms with Gasteiger partial charge < -0.3 is 20.1 Å². The number of nitrogens with one attached hydrogen (secondary N) is 2. The van der Waals surface area contributed by atoms with Gasteiger partial charge in [0.15, 0.2) is 5.65 Å². The Balaban J connectivity index is 1.22. The summed E-state index contributed by atoms with van der Waals surface area (Å²) in [7, 11) is 0. The van der Waals surface area contributed by atoms with E-state index in [9.17, 15) is 0 Å². The summed E-state index contributed by atoms with van der Waals surface area (Å²) in [5.41, 5.74) is 3.50. The van der Waals surface area contributed by atoms with Crippen molar-refractivity contribution in [3.05, 3.63) is 72.9 Å². The third-order valence-corrected chi connectivity index (χ3v) is 6.11. The maximum atomic E-state index is 6.23. The molecule has 5 aromatic rings. The van der Waals surface area contributed by atoms with E-state index in [4.69, 9.17) is 9.47 Å². The highest BCUT2D eigenvalue weighted by Crippen LogP contribution is 2.31. The summed E-state index contributed by atoms with van der Waals surface area (Å²) in [5, 5.41) is 11.8. The molecule has 176 valence electrons. The molecule has 0 atom stereocenters. The van der Waals surface area contributed by atoms with Crippen LogP contribution in [0.15, 0.2) is 67.4 Å². The van der Waals surface area contributed by atoms with E-state index in [2.05, 4.69) is 30.7 Å². The summed E-state index contributed by atoms with van der Waals surface area (Å²) >= 11 is 0. The fourth-order valence-electron chi connectivity index (χ4n) is 4.28. The van der Waals surface area contributed by atoms with Gasteiger partial charge in [0.2, 0.25) is 0 Å². The van der Waals surface area contributed by atoms with E-state index in [1.54, 1.807) is 10.8 Å². The molecule has 0 saturated carbocycles. The number of hydrogen-bond donors (Lipinski definition) is 2. The van der Waals surface area contributed by atoms with Crippen LogP contribution in [0.1, 0.15) is 18.4 Å². The number of nitrogens with zero attached hydrogens (tertiary/aromatic N) is 5. The zero-order valence-electron chi connectivity index (χ0n) is 19.3. The molecule has 0 spiro atoms. The molecule has 1 saturated heterocycles. The molecule has 0 aliphatic carbocycles. The smallest absolute Gasteiger partial charge is 0.158 e. The van der Waals surface area contributed by atoms with E-state index in [1.165, 1.54) is 6.33 Å². The number of pyridine rings is 1. The van der Waals surface area contributed by atoms with E-state index < -0.39 is 0 Å². The largest absolute Gasteiger partial charge is 0.490 e. The first kappa shape index (κ1) is 21.3. The Bertz CT molecular complexity index is 1490. The second-order valence-electron chi connectivity index (χ2n) is 8.60. The summed E-state index contributed by atoms with van der Waals surface area (Å²) in [6, 6.07) is 15.7. The Labute approximate surface area is 202 Å².